The van der Waals surface area contributed by atoms with Crippen molar-refractivity contribution in [3.8, 4) is 11.3 Å². The van der Waals surface area contributed by atoms with Crippen LogP contribution in [-0.2, 0) is 6.42 Å². The van der Waals surface area contributed by atoms with Crippen LogP contribution in [0.15, 0.2) is 54.6 Å². The molecule has 2 aromatic carbocycles. The lowest BCUT2D eigenvalue weighted by Crippen LogP contribution is -1.89. The second kappa shape index (κ2) is 5.38. The number of thiazole rings is 1. The fourth-order valence-corrected chi connectivity index (χ4v) is 3.48. The van der Waals surface area contributed by atoms with E-state index >= 15 is 0 Å². The Morgan fingerprint density at radius 1 is 0.950 bits per heavy atom. The molecule has 1 heterocycles. The number of hydrogen-bond acceptors (Lipinski definition) is 3. The van der Waals surface area contributed by atoms with Crippen molar-refractivity contribution in [3.63, 3.8) is 0 Å². The molecule has 1 aliphatic rings. The summed E-state index contributed by atoms with van der Waals surface area (Å²) in [5.41, 5.74) is 4.92. The number of hydrogen-bond donors (Lipinski definition) is 1. The van der Waals surface area contributed by atoms with E-state index in [-0.39, 0.29) is 17.0 Å². The molecule has 1 aromatic heterocycles. The molecule has 0 unspecified atom stereocenters. The molecule has 0 radical (unpaired) electrons. The van der Waals surface area contributed by atoms with E-state index in [0.29, 0.717) is 0 Å². The molecule has 4 rings (SSSR count). The zero-order valence-corrected chi connectivity index (χ0v) is 13.2. The third-order valence-electron chi connectivity index (χ3n) is 3.35. The van der Waals surface area contributed by atoms with E-state index in [1.54, 1.807) is 11.3 Å². The maximum atomic E-state index is 4.73. The normalized spacial score (nSPS) is 11.4. The van der Waals surface area contributed by atoms with E-state index in [1.807, 2.05) is 18.2 Å². The van der Waals surface area contributed by atoms with Crippen LogP contribution in [0.2, 0.25) is 0 Å². The summed E-state index contributed by atoms with van der Waals surface area (Å²) in [5, 5.41) is 4.35. The Labute approximate surface area is 132 Å². The number of benzene rings is 2. The summed E-state index contributed by atoms with van der Waals surface area (Å²) in [6, 6.07) is 18.7. The second-order valence-electron chi connectivity index (χ2n) is 4.62. The van der Waals surface area contributed by atoms with Gasteiger partial charge in [0.2, 0.25) is 0 Å². The van der Waals surface area contributed by atoms with Crippen molar-refractivity contribution in [2.45, 2.75) is 6.42 Å². The number of para-hydroxylation sites is 1. The monoisotopic (exact) mass is 344 g/mol. The first-order valence-electron chi connectivity index (χ1n) is 6.30. The number of aromatic nitrogens is 1. The van der Waals surface area contributed by atoms with Crippen molar-refractivity contribution in [3.05, 3.63) is 65.0 Å². The molecule has 0 saturated carbocycles. The minimum atomic E-state index is 0. The molecule has 20 heavy (non-hydrogen) atoms. The molecule has 3 aromatic rings. The predicted molar refractivity (Wildman–Crippen MR) is 90.4 cm³/mol. The topological polar surface area (TPSA) is 24.9 Å². The van der Waals surface area contributed by atoms with Gasteiger partial charge >= 0.3 is 0 Å². The number of nitrogens with zero attached hydrogens (tertiary/aromatic N) is 1. The second-order valence-corrected chi connectivity index (χ2v) is 5.70. The summed E-state index contributed by atoms with van der Waals surface area (Å²) in [7, 11) is 0. The number of anilines is 2. The van der Waals surface area contributed by atoms with Crippen LogP contribution < -0.4 is 5.32 Å². The molecule has 4 heteroatoms. The highest BCUT2D eigenvalue weighted by Gasteiger charge is 2.22. The summed E-state index contributed by atoms with van der Waals surface area (Å²) in [5.74, 6) is 0. The van der Waals surface area contributed by atoms with Crippen molar-refractivity contribution in [2.24, 2.45) is 0 Å². The molecular formula is C16H13BrN2S. The first kappa shape index (κ1) is 13.3. The summed E-state index contributed by atoms with van der Waals surface area (Å²) in [4.78, 5) is 6.10. The molecule has 0 atom stereocenters. The van der Waals surface area contributed by atoms with Gasteiger partial charge in [-0.15, -0.1) is 28.3 Å². The molecular weight excluding hydrogens is 332 g/mol. The van der Waals surface area contributed by atoms with Gasteiger partial charge in [-0.2, -0.15) is 0 Å². The third-order valence-corrected chi connectivity index (χ3v) is 4.32. The fraction of sp³-hybridized carbons (Fsp3) is 0.0625. The van der Waals surface area contributed by atoms with Gasteiger partial charge in [-0.3, -0.25) is 0 Å². The van der Waals surface area contributed by atoms with Gasteiger partial charge in [-0.1, -0.05) is 42.5 Å². The molecule has 0 aliphatic heterocycles. The van der Waals surface area contributed by atoms with Crippen LogP contribution in [-0.4, -0.2) is 4.98 Å². The van der Waals surface area contributed by atoms with Crippen molar-refractivity contribution in [2.75, 3.05) is 5.32 Å². The van der Waals surface area contributed by atoms with Gasteiger partial charge in [0.05, 0.1) is 5.69 Å². The number of fused-ring (bicyclic) bond motifs is 3. The molecule has 100 valence electrons. The average molecular weight is 345 g/mol. The van der Waals surface area contributed by atoms with Crippen LogP contribution in [0.5, 0.6) is 0 Å². The van der Waals surface area contributed by atoms with Crippen molar-refractivity contribution < 1.29 is 0 Å². The van der Waals surface area contributed by atoms with Crippen LogP contribution in [0.25, 0.3) is 11.3 Å². The number of rotatable bonds is 2. The lowest BCUT2D eigenvalue weighted by molar-refractivity contribution is 1.31. The van der Waals surface area contributed by atoms with E-state index in [9.17, 15) is 0 Å². The molecule has 2 nitrogen and oxygen atoms in total. The summed E-state index contributed by atoms with van der Waals surface area (Å²) >= 11 is 1.75. The van der Waals surface area contributed by atoms with Gasteiger partial charge in [-0.25, -0.2) is 4.98 Å². The van der Waals surface area contributed by atoms with E-state index in [0.717, 1.165) is 22.9 Å². The summed E-state index contributed by atoms with van der Waals surface area (Å²) in [6.07, 6.45) is 1.01. The van der Waals surface area contributed by atoms with Gasteiger partial charge in [0.15, 0.2) is 5.13 Å². The van der Waals surface area contributed by atoms with Crippen LogP contribution >= 0.6 is 28.3 Å². The van der Waals surface area contributed by atoms with Crippen LogP contribution in [0.3, 0.4) is 0 Å². The van der Waals surface area contributed by atoms with E-state index in [2.05, 4.69) is 41.7 Å². The Morgan fingerprint density at radius 2 is 1.70 bits per heavy atom. The minimum Gasteiger partial charge on any atom is -0.332 e. The first-order chi connectivity index (χ1) is 9.40. The summed E-state index contributed by atoms with van der Waals surface area (Å²) in [6.45, 7) is 0. The van der Waals surface area contributed by atoms with Crippen LogP contribution in [0.4, 0.5) is 10.8 Å². The maximum absolute atomic E-state index is 4.73. The molecule has 0 spiro atoms. The fourth-order valence-electron chi connectivity index (χ4n) is 2.46. The van der Waals surface area contributed by atoms with Crippen molar-refractivity contribution in [1.29, 1.82) is 0 Å². The Kier molecular flexibility index (Phi) is 3.59. The van der Waals surface area contributed by atoms with Crippen molar-refractivity contribution in [1.82, 2.24) is 4.98 Å². The lowest BCUT2D eigenvalue weighted by atomic mass is 10.1. The number of halogens is 1. The standard InChI is InChI=1S/C16H12N2S.BrH/c1-2-7-12(8-3-1)17-16-18-15-13-9-5-4-6-11(13)10-14(15)19-16;/h1-9H,10H2,(H,17,18);1H. The molecule has 0 bridgehead atoms. The predicted octanol–water partition coefficient (Wildman–Crippen LogP) is 5.04. The van der Waals surface area contributed by atoms with Gasteiger partial charge in [-0.05, 0) is 17.7 Å². The quantitative estimate of drug-likeness (QED) is 0.551. The Balaban J connectivity index is 0.00000121. The molecule has 0 fully saturated rings. The smallest absolute Gasteiger partial charge is 0.187 e. The molecule has 1 aliphatic carbocycles. The zero-order chi connectivity index (χ0) is 12.7. The van der Waals surface area contributed by atoms with Crippen LogP contribution in [0, 0.1) is 0 Å². The first-order valence-corrected chi connectivity index (χ1v) is 7.12. The van der Waals surface area contributed by atoms with Gasteiger partial charge in [0.1, 0.15) is 0 Å². The molecule has 0 amide bonds. The van der Waals surface area contributed by atoms with E-state index in [4.69, 9.17) is 4.98 Å². The lowest BCUT2D eigenvalue weighted by Gasteiger charge is -2.02. The van der Waals surface area contributed by atoms with E-state index in [1.165, 1.54) is 16.0 Å². The Bertz CT molecular complexity index is 737. The Morgan fingerprint density at radius 3 is 2.55 bits per heavy atom. The van der Waals surface area contributed by atoms with Crippen LogP contribution in [0.1, 0.15) is 10.4 Å². The molecule has 0 saturated heterocycles. The Hall–Kier alpha value is -1.65. The van der Waals surface area contributed by atoms with Gasteiger partial charge in [0.25, 0.3) is 0 Å². The highest BCUT2D eigenvalue weighted by Crippen LogP contribution is 2.41. The summed E-state index contributed by atoms with van der Waals surface area (Å²) < 4.78 is 0. The highest BCUT2D eigenvalue weighted by atomic mass is 79.9. The van der Waals surface area contributed by atoms with Crippen molar-refractivity contribution >= 4 is 39.1 Å². The minimum absolute atomic E-state index is 0. The van der Waals surface area contributed by atoms with Gasteiger partial charge in [0, 0.05) is 22.5 Å². The largest absolute Gasteiger partial charge is 0.332 e. The zero-order valence-electron chi connectivity index (χ0n) is 10.7. The number of nitrogens with one attached hydrogen (secondary N) is 1. The third kappa shape index (κ3) is 2.25. The van der Waals surface area contributed by atoms with E-state index < -0.39 is 0 Å². The SMILES string of the molecule is Br.c1ccc(Nc2nc3c(s2)Cc2ccccc2-3)cc1. The average Bonchev–Trinajstić information content (AvgIpc) is 2.97. The van der Waals surface area contributed by atoms with Gasteiger partial charge < -0.3 is 5.32 Å². The maximum Gasteiger partial charge on any atom is 0.187 e. The molecule has 1 N–H and O–H groups in total. The highest BCUT2D eigenvalue weighted by molar-refractivity contribution is 8.93.